The van der Waals surface area contributed by atoms with Crippen LogP contribution in [0.2, 0.25) is 0 Å². The summed E-state index contributed by atoms with van der Waals surface area (Å²) >= 11 is 0. The number of halogens is 3. The number of amides is 1. The third-order valence-electron chi connectivity index (χ3n) is 4.92. The molecule has 0 unspecified atom stereocenters. The molecule has 9 heteroatoms. The van der Waals surface area contributed by atoms with Gasteiger partial charge in [-0.15, -0.1) is 0 Å². The Morgan fingerprint density at radius 2 is 1.86 bits per heavy atom. The Balaban J connectivity index is 2.08. The van der Waals surface area contributed by atoms with Crippen LogP contribution in [-0.4, -0.2) is 43.5 Å². The molecule has 158 valence electrons. The van der Waals surface area contributed by atoms with E-state index < -0.39 is 33.2 Å². The lowest BCUT2D eigenvalue weighted by Gasteiger charge is -2.32. The Morgan fingerprint density at radius 1 is 1.21 bits per heavy atom. The third kappa shape index (κ3) is 5.94. The first-order chi connectivity index (χ1) is 12.8. The minimum Gasteiger partial charge on any atom is -0.352 e. The molecule has 1 amide bonds. The molecular formula is C19H27F3N2O3S. The van der Waals surface area contributed by atoms with E-state index in [4.69, 9.17) is 0 Å². The van der Waals surface area contributed by atoms with Crippen LogP contribution in [0.15, 0.2) is 24.3 Å². The summed E-state index contributed by atoms with van der Waals surface area (Å²) in [6.45, 7) is 6.03. The number of carbonyl (C=O) groups excluding carboxylic acids is 1. The quantitative estimate of drug-likeness (QED) is 0.769. The highest BCUT2D eigenvalue weighted by Gasteiger charge is 2.35. The maximum absolute atomic E-state index is 13.3. The molecule has 1 aromatic rings. The van der Waals surface area contributed by atoms with E-state index in [2.05, 4.69) is 5.32 Å². The Kier molecular flexibility index (Phi) is 6.81. The maximum atomic E-state index is 13.3. The Bertz CT molecular complexity index is 801. The van der Waals surface area contributed by atoms with Crippen LogP contribution in [-0.2, 0) is 27.4 Å². The molecule has 1 aliphatic heterocycles. The molecule has 0 aliphatic carbocycles. The van der Waals surface area contributed by atoms with Crippen LogP contribution in [0.5, 0.6) is 0 Å². The Morgan fingerprint density at radius 3 is 2.39 bits per heavy atom. The fourth-order valence-electron chi connectivity index (χ4n) is 3.20. The first kappa shape index (κ1) is 22.7. The number of rotatable bonds is 6. The van der Waals surface area contributed by atoms with Gasteiger partial charge in [0, 0.05) is 25.6 Å². The lowest BCUT2D eigenvalue weighted by Crippen LogP contribution is -2.46. The van der Waals surface area contributed by atoms with E-state index in [0.29, 0.717) is 13.0 Å². The van der Waals surface area contributed by atoms with Crippen molar-refractivity contribution >= 4 is 15.9 Å². The predicted octanol–water partition coefficient (Wildman–Crippen LogP) is 3.20. The lowest BCUT2D eigenvalue weighted by molar-refractivity contribution is -0.138. The van der Waals surface area contributed by atoms with Gasteiger partial charge < -0.3 is 5.32 Å². The van der Waals surface area contributed by atoms with E-state index in [1.54, 1.807) is 6.07 Å². The van der Waals surface area contributed by atoms with Gasteiger partial charge in [-0.25, -0.2) is 12.7 Å². The van der Waals surface area contributed by atoms with Gasteiger partial charge in [0.1, 0.15) is 0 Å². The topological polar surface area (TPSA) is 66.5 Å². The van der Waals surface area contributed by atoms with Crippen molar-refractivity contribution in [3.8, 4) is 0 Å². The van der Waals surface area contributed by atoms with Crippen LogP contribution < -0.4 is 5.32 Å². The van der Waals surface area contributed by atoms with E-state index >= 15 is 0 Å². The highest BCUT2D eigenvalue weighted by molar-refractivity contribution is 7.89. The van der Waals surface area contributed by atoms with Crippen LogP contribution >= 0.6 is 0 Å². The van der Waals surface area contributed by atoms with Crippen LogP contribution in [0.25, 0.3) is 0 Å². The van der Waals surface area contributed by atoms with Gasteiger partial charge in [-0.2, -0.15) is 13.2 Å². The molecule has 0 saturated carbocycles. The maximum Gasteiger partial charge on any atom is 0.416 e. The molecule has 1 saturated heterocycles. The SMILES string of the molecule is CC(C)(C)[C@H](Cc1ccccc1C(F)(F)F)NC(=O)CCN1CCCS1(=O)=O. The van der Waals surface area contributed by atoms with Crippen LogP contribution in [0, 0.1) is 5.41 Å². The van der Waals surface area contributed by atoms with Crippen molar-refractivity contribution < 1.29 is 26.4 Å². The summed E-state index contributed by atoms with van der Waals surface area (Å²) < 4.78 is 64.7. The standard InChI is InChI=1S/C19H27F3N2O3S/c1-18(2,3)16(13-14-7-4-5-8-15(14)19(20,21)22)23-17(25)9-11-24-10-6-12-28(24,26)27/h4-5,7-8,16H,6,9-13H2,1-3H3,(H,23,25)/t16-/m0/s1. The normalized spacial score (nSPS) is 18.8. The van der Waals surface area contributed by atoms with Crippen molar-refractivity contribution in [1.29, 1.82) is 0 Å². The number of benzene rings is 1. The number of alkyl halides is 3. The first-order valence-corrected chi connectivity index (χ1v) is 10.8. The Hall–Kier alpha value is -1.61. The second kappa shape index (κ2) is 8.41. The molecule has 1 atom stereocenters. The van der Waals surface area contributed by atoms with Crippen molar-refractivity contribution in [3.05, 3.63) is 35.4 Å². The summed E-state index contributed by atoms with van der Waals surface area (Å²) in [6, 6.07) is 4.82. The predicted molar refractivity (Wildman–Crippen MR) is 101 cm³/mol. The molecular weight excluding hydrogens is 393 g/mol. The smallest absolute Gasteiger partial charge is 0.352 e. The highest BCUT2D eigenvalue weighted by atomic mass is 32.2. The minimum absolute atomic E-state index is 0.0211. The summed E-state index contributed by atoms with van der Waals surface area (Å²) in [4.78, 5) is 12.4. The molecule has 5 nitrogen and oxygen atoms in total. The second-order valence-electron chi connectivity index (χ2n) is 8.16. The average Bonchev–Trinajstić information content (AvgIpc) is 2.89. The minimum atomic E-state index is -4.47. The van der Waals surface area contributed by atoms with E-state index in [1.165, 1.54) is 16.4 Å². The molecule has 1 heterocycles. The zero-order chi connectivity index (χ0) is 21.2. The lowest BCUT2D eigenvalue weighted by atomic mass is 9.82. The van der Waals surface area contributed by atoms with E-state index in [-0.39, 0.29) is 36.6 Å². The highest BCUT2D eigenvalue weighted by Crippen LogP contribution is 2.34. The number of sulfonamides is 1. The van der Waals surface area contributed by atoms with E-state index in [1.807, 2.05) is 20.8 Å². The van der Waals surface area contributed by atoms with Gasteiger partial charge in [0.05, 0.1) is 11.3 Å². The molecule has 2 rings (SSSR count). The van der Waals surface area contributed by atoms with Crippen molar-refractivity contribution in [2.75, 3.05) is 18.8 Å². The summed E-state index contributed by atoms with van der Waals surface area (Å²) in [5.41, 5.74) is -1.06. The van der Waals surface area contributed by atoms with Gasteiger partial charge >= 0.3 is 6.18 Å². The summed E-state index contributed by atoms with van der Waals surface area (Å²) in [5.74, 6) is -0.278. The molecule has 0 spiro atoms. The van der Waals surface area contributed by atoms with E-state index in [0.717, 1.165) is 6.07 Å². The number of hydrogen-bond acceptors (Lipinski definition) is 3. The molecule has 0 aromatic heterocycles. The summed E-state index contributed by atoms with van der Waals surface area (Å²) in [7, 11) is -3.28. The zero-order valence-corrected chi connectivity index (χ0v) is 17.2. The van der Waals surface area contributed by atoms with Crippen molar-refractivity contribution in [2.24, 2.45) is 5.41 Å². The van der Waals surface area contributed by atoms with Crippen molar-refractivity contribution in [3.63, 3.8) is 0 Å². The van der Waals surface area contributed by atoms with Gasteiger partial charge in [-0.05, 0) is 29.9 Å². The summed E-state index contributed by atoms with van der Waals surface area (Å²) in [5, 5.41) is 2.81. The van der Waals surface area contributed by atoms with Gasteiger partial charge in [0.15, 0.2) is 0 Å². The molecule has 1 aliphatic rings. The molecule has 1 fully saturated rings. The second-order valence-corrected chi connectivity index (χ2v) is 10.3. The van der Waals surface area contributed by atoms with Crippen molar-refractivity contribution in [2.45, 2.75) is 52.3 Å². The number of carbonyl (C=O) groups is 1. The number of hydrogen-bond donors (Lipinski definition) is 1. The van der Waals surface area contributed by atoms with Gasteiger partial charge in [-0.1, -0.05) is 39.0 Å². The Labute approximate surface area is 164 Å². The van der Waals surface area contributed by atoms with E-state index in [9.17, 15) is 26.4 Å². The van der Waals surface area contributed by atoms with Crippen LogP contribution in [0.3, 0.4) is 0 Å². The largest absolute Gasteiger partial charge is 0.416 e. The fourth-order valence-corrected chi connectivity index (χ4v) is 4.73. The zero-order valence-electron chi connectivity index (χ0n) is 16.3. The summed E-state index contributed by atoms with van der Waals surface area (Å²) in [6.07, 6.45) is -3.91. The monoisotopic (exact) mass is 420 g/mol. The molecule has 0 radical (unpaired) electrons. The molecule has 1 N–H and O–H groups in total. The number of nitrogens with zero attached hydrogens (tertiary/aromatic N) is 1. The molecule has 0 bridgehead atoms. The van der Waals surface area contributed by atoms with Crippen molar-refractivity contribution in [1.82, 2.24) is 9.62 Å². The van der Waals surface area contributed by atoms with Gasteiger partial charge in [0.2, 0.25) is 15.9 Å². The third-order valence-corrected chi connectivity index (χ3v) is 6.88. The fraction of sp³-hybridized carbons (Fsp3) is 0.632. The average molecular weight is 420 g/mol. The van der Waals surface area contributed by atoms with Crippen LogP contribution in [0.4, 0.5) is 13.2 Å². The molecule has 28 heavy (non-hydrogen) atoms. The molecule has 1 aromatic carbocycles. The van der Waals surface area contributed by atoms with Gasteiger partial charge in [0.25, 0.3) is 0 Å². The van der Waals surface area contributed by atoms with Crippen LogP contribution in [0.1, 0.15) is 44.7 Å². The number of nitrogens with one attached hydrogen (secondary N) is 1. The van der Waals surface area contributed by atoms with Gasteiger partial charge in [-0.3, -0.25) is 4.79 Å². The first-order valence-electron chi connectivity index (χ1n) is 9.23.